The number of para-hydroxylation sites is 1. The number of rotatable bonds is 3. The van der Waals surface area contributed by atoms with Gasteiger partial charge < -0.3 is 14.8 Å². The van der Waals surface area contributed by atoms with E-state index in [1.165, 1.54) is 10.6 Å². The van der Waals surface area contributed by atoms with Crippen molar-refractivity contribution in [1.82, 2.24) is 15.2 Å². The second-order valence-electron chi connectivity index (χ2n) is 6.67. The molecule has 0 aliphatic carbocycles. The Labute approximate surface area is 173 Å². The molecule has 9 nitrogen and oxygen atoms in total. The number of carbonyl (C=O) groups excluding carboxylic acids is 3. The van der Waals surface area contributed by atoms with Gasteiger partial charge in [0.1, 0.15) is 11.3 Å². The van der Waals surface area contributed by atoms with Crippen LogP contribution in [0.5, 0.6) is 5.75 Å². The Kier molecular flexibility index (Phi) is 4.56. The second kappa shape index (κ2) is 6.97. The highest BCUT2D eigenvalue weighted by Gasteiger charge is 2.54. The van der Waals surface area contributed by atoms with E-state index in [0.29, 0.717) is 16.1 Å². The van der Waals surface area contributed by atoms with Gasteiger partial charge in [0, 0.05) is 10.4 Å². The molecule has 152 valence electrons. The van der Waals surface area contributed by atoms with Crippen molar-refractivity contribution < 1.29 is 24.6 Å². The predicted octanol–water partition coefficient (Wildman–Crippen LogP) is 0.962. The highest BCUT2D eigenvalue weighted by molar-refractivity contribution is 6.31. The summed E-state index contributed by atoms with van der Waals surface area (Å²) in [6.07, 6.45) is 0. The van der Waals surface area contributed by atoms with Crippen LogP contribution < -0.4 is 16.2 Å². The summed E-state index contributed by atoms with van der Waals surface area (Å²) in [7, 11) is 0. The van der Waals surface area contributed by atoms with Crippen molar-refractivity contribution in [3.05, 3.63) is 75.0 Å². The van der Waals surface area contributed by atoms with Crippen molar-refractivity contribution in [2.75, 3.05) is 0 Å². The van der Waals surface area contributed by atoms with Gasteiger partial charge in [-0.3, -0.25) is 25.0 Å². The molecule has 0 atom stereocenters. The fourth-order valence-corrected chi connectivity index (χ4v) is 3.61. The Hall–Kier alpha value is -3.69. The number of hydrogen-bond acceptors (Lipinski definition) is 6. The number of halogens is 1. The Bertz CT molecular complexity index is 1280. The number of imide groups is 2. The summed E-state index contributed by atoms with van der Waals surface area (Å²) in [5, 5.41) is 25.6. The van der Waals surface area contributed by atoms with Crippen LogP contribution in [-0.4, -0.2) is 32.6 Å². The normalized spacial score (nSPS) is 15.7. The van der Waals surface area contributed by atoms with E-state index >= 15 is 0 Å². The van der Waals surface area contributed by atoms with Gasteiger partial charge in [0.05, 0.1) is 12.1 Å². The first kappa shape index (κ1) is 19.6. The predicted molar refractivity (Wildman–Crippen MR) is 106 cm³/mol. The quantitative estimate of drug-likeness (QED) is 0.459. The molecule has 1 fully saturated rings. The molecule has 1 aliphatic heterocycles. The standard InChI is InChI=1S/C20H14ClN3O6/c21-12-7-3-1-5-10(12)9-24-13-8-4-2-6-11(13)15(25)14(16(24)26)20(30)17(27)22-19(29)23-18(20)28/h1-8,25,30H,9H2,(H2,22,23,27,28,29). The number of carbonyl (C=O) groups is 3. The van der Waals surface area contributed by atoms with Crippen molar-refractivity contribution >= 4 is 40.3 Å². The summed E-state index contributed by atoms with van der Waals surface area (Å²) >= 11 is 6.21. The maximum absolute atomic E-state index is 13.4. The SMILES string of the molecule is O=C1NC(=O)C(O)(c2c(O)c3ccccc3n(Cc3ccccc3Cl)c2=O)C(=O)N1. The zero-order valence-corrected chi connectivity index (χ0v) is 15.9. The molecule has 2 heterocycles. The van der Waals surface area contributed by atoms with Crippen LogP contribution in [0.3, 0.4) is 0 Å². The van der Waals surface area contributed by atoms with Crippen molar-refractivity contribution in [2.24, 2.45) is 0 Å². The van der Waals surface area contributed by atoms with Gasteiger partial charge in [-0.25, -0.2) is 4.79 Å². The maximum Gasteiger partial charge on any atom is 0.328 e. The molecule has 1 aromatic heterocycles. The molecule has 1 aliphatic rings. The number of benzene rings is 2. The van der Waals surface area contributed by atoms with Crippen molar-refractivity contribution in [3.8, 4) is 5.75 Å². The third kappa shape index (κ3) is 2.83. The molecule has 0 bridgehead atoms. The lowest BCUT2D eigenvalue weighted by Crippen LogP contribution is -2.66. The molecule has 2 aromatic carbocycles. The molecule has 4 rings (SSSR count). The molecular formula is C20H14ClN3O6. The lowest BCUT2D eigenvalue weighted by molar-refractivity contribution is -0.156. The van der Waals surface area contributed by atoms with Crippen LogP contribution in [0.25, 0.3) is 10.9 Å². The number of amides is 4. The monoisotopic (exact) mass is 427 g/mol. The average Bonchev–Trinajstić information content (AvgIpc) is 2.71. The molecule has 0 unspecified atom stereocenters. The number of fused-ring (bicyclic) bond motifs is 1. The Balaban J connectivity index is 2.04. The van der Waals surface area contributed by atoms with Crippen molar-refractivity contribution in [2.45, 2.75) is 12.1 Å². The number of urea groups is 1. The molecule has 0 radical (unpaired) electrons. The summed E-state index contributed by atoms with van der Waals surface area (Å²) in [5.74, 6) is -3.63. The average molecular weight is 428 g/mol. The first-order chi connectivity index (χ1) is 14.2. The molecule has 4 amide bonds. The highest BCUT2D eigenvalue weighted by atomic mass is 35.5. The lowest BCUT2D eigenvalue weighted by atomic mass is 9.89. The van der Waals surface area contributed by atoms with Gasteiger partial charge in [0.2, 0.25) is 0 Å². The molecule has 4 N–H and O–H groups in total. The highest BCUT2D eigenvalue weighted by Crippen LogP contribution is 2.34. The Morgan fingerprint density at radius 3 is 2.20 bits per heavy atom. The first-order valence-electron chi connectivity index (χ1n) is 8.72. The number of aliphatic hydroxyl groups is 1. The van der Waals surface area contributed by atoms with Crippen LogP contribution in [0.2, 0.25) is 5.02 Å². The third-order valence-electron chi connectivity index (χ3n) is 4.91. The summed E-state index contributed by atoms with van der Waals surface area (Å²) in [6, 6.07) is 11.8. The van der Waals surface area contributed by atoms with E-state index in [1.54, 1.807) is 53.1 Å². The van der Waals surface area contributed by atoms with Gasteiger partial charge in [0.25, 0.3) is 23.0 Å². The first-order valence-corrected chi connectivity index (χ1v) is 9.10. The van der Waals surface area contributed by atoms with Gasteiger partial charge >= 0.3 is 6.03 Å². The summed E-state index contributed by atoms with van der Waals surface area (Å²) < 4.78 is 1.18. The van der Waals surface area contributed by atoms with Crippen LogP contribution in [-0.2, 0) is 21.7 Å². The number of nitrogens with one attached hydrogen (secondary N) is 2. The van der Waals surface area contributed by atoms with E-state index < -0.39 is 40.3 Å². The largest absolute Gasteiger partial charge is 0.507 e. The Morgan fingerprint density at radius 2 is 1.53 bits per heavy atom. The number of hydrogen-bond donors (Lipinski definition) is 4. The zero-order valence-electron chi connectivity index (χ0n) is 15.2. The molecule has 30 heavy (non-hydrogen) atoms. The lowest BCUT2D eigenvalue weighted by Gasteiger charge is -2.30. The van der Waals surface area contributed by atoms with Crippen LogP contribution in [0, 0.1) is 0 Å². The molecule has 1 saturated heterocycles. The molecule has 0 spiro atoms. The number of nitrogens with zero attached hydrogens (tertiary/aromatic N) is 1. The van der Waals surface area contributed by atoms with Crippen LogP contribution in [0.4, 0.5) is 4.79 Å². The maximum atomic E-state index is 13.4. The third-order valence-corrected chi connectivity index (χ3v) is 5.27. The fourth-order valence-electron chi connectivity index (χ4n) is 3.42. The van der Waals surface area contributed by atoms with E-state index in [2.05, 4.69) is 0 Å². The number of pyridine rings is 1. The van der Waals surface area contributed by atoms with Gasteiger partial charge in [-0.2, -0.15) is 0 Å². The zero-order chi connectivity index (χ0) is 21.6. The molecule has 10 heteroatoms. The van der Waals surface area contributed by atoms with Crippen LogP contribution >= 0.6 is 11.6 Å². The Morgan fingerprint density at radius 1 is 0.933 bits per heavy atom. The van der Waals surface area contributed by atoms with E-state index in [4.69, 9.17) is 11.6 Å². The van der Waals surface area contributed by atoms with Gasteiger partial charge in [-0.15, -0.1) is 0 Å². The molecule has 3 aromatic rings. The van der Waals surface area contributed by atoms with Crippen molar-refractivity contribution in [3.63, 3.8) is 0 Å². The second-order valence-corrected chi connectivity index (χ2v) is 7.08. The smallest absolute Gasteiger partial charge is 0.328 e. The number of aromatic hydroxyl groups is 1. The van der Waals surface area contributed by atoms with E-state index in [9.17, 15) is 29.4 Å². The molecular weight excluding hydrogens is 414 g/mol. The van der Waals surface area contributed by atoms with E-state index in [1.807, 2.05) is 0 Å². The minimum absolute atomic E-state index is 0.0649. The van der Waals surface area contributed by atoms with Crippen LogP contribution in [0.1, 0.15) is 11.1 Å². The summed E-state index contributed by atoms with van der Waals surface area (Å²) in [6.45, 7) is -0.0649. The minimum Gasteiger partial charge on any atom is -0.507 e. The minimum atomic E-state index is -3.11. The van der Waals surface area contributed by atoms with Gasteiger partial charge in [-0.1, -0.05) is 41.9 Å². The molecule has 0 saturated carbocycles. The topological polar surface area (TPSA) is 138 Å². The van der Waals surface area contributed by atoms with Crippen LogP contribution in [0.15, 0.2) is 53.3 Å². The van der Waals surface area contributed by atoms with Crippen molar-refractivity contribution in [1.29, 1.82) is 0 Å². The van der Waals surface area contributed by atoms with Gasteiger partial charge in [0.15, 0.2) is 0 Å². The van der Waals surface area contributed by atoms with Gasteiger partial charge in [-0.05, 0) is 23.8 Å². The summed E-state index contributed by atoms with van der Waals surface area (Å²) in [4.78, 5) is 49.5. The summed E-state index contributed by atoms with van der Waals surface area (Å²) in [5.41, 5.74) is -4.12. The number of barbiturate groups is 1. The van der Waals surface area contributed by atoms with E-state index in [-0.39, 0.29) is 11.9 Å². The number of aromatic nitrogens is 1. The van der Waals surface area contributed by atoms with E-state index in [0.717, 1.165) is 0 Å². The fraction of sp³-hybridized carbons (Fsp3) is 0.100.